The maximum absolute atomic E-state index is 12.1. The number of aromatic nitrogens is 3. The molecule has 2 fully saturated rings. The molecular weight excluding hydrogens is 246 g/mol. The molecule has 2 aliphatic rings. The van der Waals surface area contributed by atoms with Gasteiger partial charge in [0.1, 0.15) is 0 Å². The Balaban J connectivity index is 1.62. The number of H-pyrrole nitrogens is 2. The van der Waals surface area contributed by atoms with E-state index in [-0.39, 0.29) is 11.7 Å². The Morgan fingerprint density at radius 2 is 2.00 bits per heavy atom. The van der Waals surface area contributed by atoms with Crippen LogP contribution >= 0.6 is 0 Å². The summed E-state index contributed by atoms with van der Waals surface area (Å²) in [6.45, 7) is 3.78. The normalized spacial score (nSPS) is 24.8. The highest BCUT2D eigenvalue weighted by atomic mass is 16.2. The number of carbonyl (C=O) groups is 1. The molecule has 1 aromatic rings. The van der Waals surface area contributed by atoms with E-state index in [9.17, 15) is 9.59 Å². The largest absolute Gasteiger partial charge is 0.341 e. The molecule has 1 atom stereocenters. The van der Waals surface area contributed by atoms with Gasteiger partial charge in [0, 0.05) is 19.1 Å². The number of hydrogen-bond acceptors (Lipinski definition) is 4. The first-order valence-electron chi connectivity index (χ1n) is 6.92. The highest BCUT2D eigenvalue weighted by Gasteiger charge is 2.32. The molecule has 0 radical (unpaired) electrons. The molecule has 2 N–H and O–H groups in total. The van der Waals surface area contributed by atoms with Crippen LogP contribution in [0.3, 0.4) is 0 Å². The molecule has 104 valence electrons. The Morgan fingerprint density at radius 3 is 2.68 bits per heavy atom. The van der Waals surface area contributed by atoms with E-state index in [2.05, 4.69) is 20.1 Å². The van der Waals surface area contributed by atoms with Gasteiger partial charge in [-0.2, -0.15) is 0 Å². The first-order chi connectivity index (χ1) is 9.24. The van der Waals surface area contributed by atoms with Crippen molar-refractivity contribution in [1.82, 2.24) is 25.0 Å². The number of nitrogens with one attached hydrogen (secondary N) is 2. The summed E-state index contributed by atoms with van der Waals surface area (Å²) in [5.74, 6) is -0.0675. The third kappa shape index (κ3) is 2.56. The Labute approximate surface area is 111 Å². The Morgan fingerprint density at radius 1 is 1.21 bits per heavy atom. The zero-order valence-corrected chi connectivity index (χ0v) is 10.9. The quantitative estimate of drug-likeness (QED) is 0.775. The van der Waals surface area contributed by atoms with E-state index in [1.807, 2.05) is 0 Å². The van der Waals surface area contributed by atoms with Crippen molar-refractivity contribution < 1.29 is 4.79 Å². The molecule has 7 heteroatoms. The number of hydrogen-bond donors (Lipinski definition) is 2. The molecule has 0 saturated carbocycles. The van der Waals surface area contributed by atoms with Crippen molar-refractivity contribution in [2.75, 3.05) is 26.2 Å². The van der Waals surface area contributed by atoms with Crippen LogP contribution in [0.15, 0.2) is 4.79 Å². The van der Waals surface area contributed by atoms with Crippen LogP contribution in [-0.2, 0) is 0 Å². The summed E-state index contributed by atoms with van der Waals surface area (Å²) >= 11 is 0. The van der Waals surface area contributed by atoms with Gasteiger partial charge in [-0.25, -0.2) is 9.89 Å². The predicted octanol–water partition coefficient (Wildman–Crippen LogP) is -0.202. The highest BCUT2D eigenvalue weighted by Crippen LogP contribution is 2.20. The number of likely N-dealkylation sites (tertiary alicyclic amines) is 2. The van der Waals surface area contributed by atoms with Gasteiger partial charge in [0.15, 0.2) is 0 Å². The average Bonchev–Trinajstić information content (AvgIpc) is 3.08. The van der Waals surface area contributed by atoms with Crippen LogP contribution in [0.5, 0.6) is 0 Å². The van der Waals surface area contributed by atoms with Crippen molar-refractivity contribution in [3.8, 4) is 0 Å². The molecule has 0 aromatic carbocycles. The molecular formula is C12H19N5O2. The lowest BCUT2D eigenvalue weighted by atomic mass is 10.1. The number of rotatable bonds is 2. The van der Waals surface area contributed by atoms with Gasteiger partial charge < -0.3 is 4.90 Å². The second-order valence-electron chi connectivity index (χ2n) is 5.32. The van der Waals surface area contributed by atoms with E-state index >= 15 is 0 Å². The smallest absolute Gasteiger partial charge is 0.334 e. The fraction of sp³-hybridized carbons (Fsp3) is 0.750. The Kier molecular flexibility index (Phi) is 3.37. The van der Waals surface area contributed by atoms with E-state index < -0.39 is 5.69 Å². The lowest BCUT2D eigenvalue weighted by Crippen LogP contribution is -2.41. The van der Waals surface area contributed by atoms with Crippen molar-refractivity contribution in [2.24, 2.45) is 0 Å². The number of carbonyl (C=O) groups excluding carboxylic acids is 1. The maximum Gasteiger partial charge on any atom is 0.341 e. The molecule has 1 amide bonds. The van der Waals surface area contributed by atoms with Gasteiger partial charge in [-0.3, -0.25) is 14.7 Å². The van der Waals surface area contributed by atoms with Gasteiger partial charge in [-0.1, -0.05) is 6.42 Å². The lowest BCUT2D eigenvalue weighted by Gasteiger charge is -2.32. The van der Waals surface area contributed by atoms with Crippen LogP contribution < -0.4 is 5.69 Å². The molecule has 0 aliphatic carbocycles. The van der Waals surface area contributed by atoms with Crippen LogP contribution in [0, 0.1) is 0 Å². The van der Waals surface area contributed by atoms with Crippen LogP contribution in [0.25, 0.3) is 0 Å². The van der Waals surface area contributed by atoms with Crippen molar-refractivity contribution in [1.29, 1.82) is 0 Å². The molecule has 2 saturated heterocycles. The van der Waals surface area contributed by atoms with Crippen molar-refractivity contribution in [3.63, 3.8) is 0 Å². The van der Waals surface area contributed by atoms with Crippen molar-refractivity contribution in [3.05, 3.63) is 16.3 Å². The molecule has 0 unspecified atom stereocenters. The number of nitrogens with zero attached hydrogens (tertiary/aromatic N) is 3. The minimum Gasteiger partial charge on any atom is -0.334 e. The number of amides is 1. The molecule has 19 heavy (non-hydrogen) atoms. The van der Waals surface area contributed by atoms with Crippen molar-refractivity contribution in [2.45, 2.75) is 31.7 Å². The third-order valence-electron chi connectivity index (χ3n) is 4.06. The van der Waals surface area contributed by atoms with Gasteiger partial charge in [-0.15, -0.1) is 5.10 Å². The van der Waals surface area contributed by atoms with E-state index in [1.165, 1.54) is 19.3 Å². The highest BCUT2D eigenvalue weighted by molar-refractivity contribution is 5.90. The maximum atomic E-state index is 12.1. The van der Waals surface area contributed by atoms with E-state index in [0.29, 0.717) is 6.04 Å². The number of aromatic amines is 2. The summed E-state index contributed by atoms with van der Waals surface area (Å²) in [5, 5.41) is 5.93. The van der Waals surface area contributed by atoms with E-state index in [4.69, 9.17) is 0 Å². The van der Waals surface area contributed by atoms with E-state index in [1.54, 1.807) is 4.90 Å². The predicted molar refractivity (Wildman–Crippen MR) is 68.9 cm³/mol. The SMILES string of the molecule is O=C(c1n[nH]c(=O)[nH]1)N1CC[C@H](N2CCCCC2)C1. The first kappa shape index (κ1) is 12.4. The van der Waals surface area contributed by atoms with Gasteiger partial charge in [0.05, 0.1) is 0 Å². The Hall–Kier alpha value is -1.63. The summed E-state index contributed by atoms with van der Waals surface area (Å²) in [7, 11) is 0. The summed E-state index contributed by atoms with van der Waals surface area (Å²) in [4.78, 5) is 29.8. The second kappa shape index (κ2) is 5.16. The molecule has 0 bridgehead atoms. The van der Waals surface area contributed by atoms with Gasteiger partial charge >= 0.3 is 5.69 Å². The molecule has 7 nitrogen and oxygen atoms in total. The fourth-order valence-electron chi connectivity index (χ4n) is 3.03. The van der Waals surface area contributed by atoms with Gasteiger partial charge in [0.2, 0.25) is 5.82 Å². The van der Waals surface area contributed by atoms with E-state index in [0.717, 1.165) is 32.6 Å². The molecule has 2 aliphatic heterocycles. The summed E-state index contributed by atoms with van der Waals surface area (Å²) in [5.41, 5.74) is -0.435. The van der Waals surface area contributed by atoms with Gasteiger partial charge in [-0.05, 0) is 32.4 Å². The Bertz CT molecular complexity index is 502. The van der Waals surface area contributed by atoms with Crippen LogP contribution in [-0.4, -0.2) is 63.1 Å². The molecule has 3 heterocycles. The average molecular weight is 265 g/mol. The van der Waals surface area contributed by atoms with Crippen LogP contribution in [0.4, 0.5) is 0 Å². The topological polar surface area (TPSA) is 85.1 Å². The van der Waals surface area contributed by atoms with Crippen LogP contribution in [0.2, 0.25) is 0 Å². The lowest BCUT2D eigenvalue weighted by molar-refractivity contribution is 0.0760. The number of piperidine rings is 1. The fourth-order valence-corrected chi connectivity index (χ4v) is 3.03. The second-order valence-corrected chi connectivity index (χ2v) is 5.32. The third-order valence-corrected chi connectivity index (χ3v) is 4.06. The monoisotopic (exact) mass is 265 g/mol. The summed E-state index contributed by atoms with van der Waals surface area (Å²) in [6, 6.07) is 0.468. The standard InChI is InChI=1S/C12H19N5O2/c18-11(10-13-12(19)15-14-10)17-7-4-9(8-17)16-5-2-1-3-6-16/h9H,1-8H2,(H2,13,14,15,19)/t9-/m0/s1. The van der Waals surface area contributed by atoms with Crippen LogP contribution in [0.1, 0.15) is 36.3 Å². The van der Waals surface area contributed by atoms with Gasteiger partial charge in [0.25, 0.3) is 5.91 Å². The summed E-state index contributed by atoms with van der Waals surface area (Å²) in [6.07, 6.45) is 4.86. The zero-order chi connectivity index (χ0) is 13.2. The van der Waals surface area contributed by atoms with Crippen molar-refractivity contribution >= 4 is 5.91 Å². The zero-order valence-electron chi connectivity index (χ0n) is 10.9. The minimum atomic E-state index is -0.435. The molecule has 1 aromatic heterocycles. The summed E-state index contributed by atoms with van der Waals surface area (Å²) < 4.78 is 0. The first-order valence-corrected chi connectivity index (χ1v) is 6.92. The molecule has 0 spiro atoms. The minimum absolute atomic E-state index is 0.115. The molecule has 3 rings (SSSR count).